The number of para-hydroxylation sites is 1. The second-order valence-electron chi connectivity index (χ2n) is 3.92. The zero-order valence-corrected chi connectivity index (χ0v) is 9.18. The number of rotatable bonds is 2. The molecule has 0 aliphatic rings. The first-order chi connectivity index (χ1) is 7.90. The van der Waals surface area contributed by atoms with Gasteiger partial charge in [0.1, 0.15) is 0 Å². The van der Waals surface area contributed by atoms with E-state index in [2.05, 4.69) is 53.1 Å². The average molecular weight is 211 g/mol. The molecule has 2 heteroatoms. The lowest BCUT2D eigenvalue weighted by atomic mass is 10.1. The molecule has 2 nitrogen and oxygen atoms in total. The van der Waals surface area contributed by atoms with E-state index in [-0.39, 0.29) is 0 Å². The minimum Gasteiger partial charge on any atom is -0.380 e. The highest BCUT2D eigenvalue weighted by Crippen LogP contribution is 2.22. The predicted octanol–water partition coefficient (Wildman–Crippen LogP) is 3.24. The number of aromatic nitrogens is 1. The first-order valence-electron chi connectivity index (χ1n) is 5.37. The highest BCUT2D eigenvalue weighted by molar-refractivity contribution is 5.84. The van der Waals surface area contributed by atoms with Gasteiger partial charge in [-0.15, -0.1) is 0 Å². The van der Waals surface area contributed by atoms with Crippen LogP contribution in [0.5, 0.6) is 0 Å². The predicted molar refractivity (Wildman–Crippen MR) is 65.6 cm³/mol. The summed E-state index contributed by atoms with van der Waals surface area (Å²) in [6, 6.07) is 14.8. The maximum atomic E-state index is 5.24. The first-order valence-corrected chi connectivity index (χ1v) is 5.37. The largest absolute Gasteiger partial charge is 0.380 e. The molecule has 0 saturated carbocycles. The summed E-state index contributed by atoms with van der Waals surface area (Å²) in [6.45, 7) is 0.651. The molecule has 0 amide bonds. The quantitative estimate of drug-likeness (QED) is 0.634. The van der Waals surface area contributed by atoms with Crippen LogP contribution in [-0.2, 0) is 11.3 Å². The lowest BCUT2D eigenvalue weighted by Gasteiger charge is -2.08. The first kappa shape index (κ1) is 9.43. The monoisotopic (exact) mass is 211 g/mol. The van der Waals surface area contributed by atoms with Gasteiger partial charge in [0.05, 0.1) is 17.6 Å². The van der Waals surface area contributed by atoms with Crippen LogP contribution in [0, 0.1) is 0 Å². The zero-order chi connectivity index (χ0) is 11.0. The number of hydrogen-bond acceptors (Lipinski definition) is 1. The van der Waals surface area contributed by atoms with Crippen molar-refractivity contribution >= 4 is 16.4 Å². The molecule has 2 aromatic heterocycles. The Balaban J connectivity index is 2.43. The third-order valence-electron chi connectivity index (χ3n) is 2.90. The minimum absolute atomic E-state index is 0.651. The molecule has 80 valence electrons. The highest BCUT2D eigenvalue weighted by atomic mass is 16.5. The second-order valence-corrected chi connectivity index (χ2v) is 3.92. The summed E-state index contributed by atoms with van der Waals surface area (Å²) in [4.78, 5) is 0. The molecule has 0 unspecified atom stereocenters. The van der Waals surface area contributed by atoms with E-state index >= 15 is 0 Å². The van der Waals surface area contributed by atoms with E-state index in [1.807, 2.05) is 0 Å². The molecular formula is C14H13NO. The smallest absolute Gasteiger partial charge is 0.0733 e. The highest BCUT2D eigenvalue weighted by Gasteiger charge is 2.04. The Hall–Kier alpha value is -1.80. The number of nitrogens with zero attached hydrogens (tertiary/aromatic N) is 1. The number of ether oxygens (including phenoxy) is 1. The van der Waals surface area contributed by atoms with Crippen molar-refractivity contribution in [3.8, 4) is 0 Å². The molecule has 0 N–H and O–H groups in total. The summed E-state index contributed by atoms with van der Waals surface area (Å²) in [6.07, 6.45) is 2.09. The SMILES string of the molecule is COCc1cc2ccccc2n2cccc12. The number of methoxy groups -OCH3 is 1. The standard InChI is InChI=1S/C14H13NO/c1-16-10-12-9-11-5-2-3-6-13(11)15-8-4-7-14(12)15/h2-9H,10H2,1H3. The zero-order valence-electron chi connectivity index (χ0n) is 9.18. The fourth-order valence-electron chi connectivity index (χ4n) is 2.21. The summed E-state index contributed by atoms with van der Waals surface area (Å²) in [5, 5.41) is 1.25. The second kappa shape index (κ2) is 3.65. The van der Waals surface area contributed by atoms with Crippen molar-refractivity contribution in [2.24, 2.45) is 0 Å². The number of hydrogen-bond donors (Lipinski definition) is 0. The van der Waals surface area contributed by atoms with Gasteiger partial charge in [0.25, 0.3) is 0 Å². The Morgan fingerprint density at radius 3 is 2.75 bits per heavy atom. The van der Waals surface area contributed by atoms with E-state index < -0.39 is 0 Å². The number of benzene rings is 1. The Morgan fingerprint density at radius 2 is 1.88 bits per heavy atom. The van der Waals surface area contributed by atoms with Crippen LogP contribution in [0.25, 0.3) is 16.4 Å². The molecule has 0 saturated heterocycles. The van der Waals surface area contributed by atoms with E-state index in [0.717, 1.165) is 0 Å². The summed E-state index contributed by atoms with van der Waals surface area (Å²) >= 11 is 0. The van der Waals surface area contributed by atoms with Gasteiger partial charge in [0.15, 0.2) is 0 Å². The van der Waals surface area contributed by atoms with Crippen molar-refractivity contribution < 1.29 is 4.74 Å². The molecule has 0 radical (unpaired) electrons. The van der Waals surface area contributed by atoms with Gasteiger partial charge in [-0.1, -0.05) is 18.2 Å². The van der Waals surface area contributed by atoms with Crippen LogP contribution in [0.2, 0.25) is 0 Å². The van der Waals surface area contributed by atoms with Crippen molar-refractivity contribution in [3.05, 3.63) is 54.2 Å². The number of pyridine rings is 1. The molecule has 16 heavy (non-hydrogen) atoms. The van der Waals surface area contributed by atoms with Crippen LogP contribution in [0.4, 0.5) is 0 Å². The van der Waals surface area contributed by atoms with Crippen molar-refractivity contribution in [3.63, 3.8) is 0 Å². The van der Waals surface area contributed by atoms with E-state index in [4.69, 9.17) is 4.74 Å². The van der Waals surface area contributed by atoms with E-state index in [1.165, 1.54) is 22.0 Å². The fraction of sp³-hybridized carbons (Fsp3) is 0.143. The molecule has 3 aromatic rings. The normalized spacial score (nSPS) is 11.3. The Labute approximate surface area is 94.1 Å². The lowest BCUT2D eigenvalue weighted by molar-refractivity contribution is 0.186. The Bertz CT molecular complexity index is 639. The Morgan fingerprint density at radius 1 is 1.06 bits per heavy atom. The van der Waals surface area contributed by atoms with Gasteiger partial charge < -0.3 is 9.14 Å². The van der Waals surface area contributed by atoms with Gasteiger partial charge in [-0.3, -0.25) is 0 Å². The van der Waals surface area contributed by atoms with Crippen LogP contribution >= 0.6 is 0 Å². The van der Waals surface area contributed by atoms with Crippen LogP contribution in [0.1, 0.15) is 5.56 Å². The van der Waals surface area contributed by atoms with Gasteiger partial charge in [0, 0.05) is 18.9 Å². The molecule has 2 heterocycles. The third-order valence-corrected chi connectivity index (χ3v) is 2.90. The van der Waals surface area contributed by atoms with Gasteiger partial charge in [-0.05, 0) is 29.7 Å². The van der Waals surface area contributed by atoms with E-state index in [0.29, 0.717) is 6.61 Å². The van der Waals surface area contributed by atoms with Crippen LogP contribution in [0.3, 0.4) is 0 Å². The molecule has 0 bridgehead atoms. The van der Waals surface area contributed by atoms with Gasteiger partial charge in [0.2, 0.25) is 0 Å². The lowest BCUT2D eigenvalue weighted by Crippen LogP contribution is -1.94. The maximum absolute atomic E-state index is 5.24. The van der Waals surface area contributed by atoms with Crippen LogP contribution in [-0.4, -0.2) is 11.5 Å². The maximum Gasteiger partial charge on any atom is 0.0733 e. The summed E-state index contributed by atoms with van der Waals surface area (Å²) in [7, 11) is 1.73. The average Bonchev–Trinajstić information content (AvgIpc) is 2.79. The van der Waals surface area contributed by atoms with E-state index in [1.54, 1.807) is 7.11 Å². The summed E-state index contributed by atoms with van der Waals surface area (Å²) in [5.41, 5.74) is 3.69. The van der Waals surface area contributed by atoms with Crippen molar-refractivity contribution in [1.29, 1.82) is 0 Å². The molecule has 3 rings (SSSR count). The fourth-order valence-corrected chi connectivity index (χ4v) is 2.21. The topological polar surface area (TPSA) is 13.6 Å². The van der Waals surface area contributed by atoms with Gasteiger partial charge >= 0.3 is 0 Å². The van der Waals surface area contributed by atoms with Gasteiger partial charge in [-0.25, -0.2) is 0 Å². The Kier molecular flexibility index (Phi) is 2.15. The van der Waals surface area contributed by atoms with Crippen LogP contribution in [0.15, 0.2) is 48.7 Å². The van der Waals surface area contributed by atoms with Crippen molar-refractivity contribution in [1.82, 2.24) is 4.40 Å². The molecule has 0 fully saturated rings. The molecule has 1 aromatic carbocycles. The summed E-state index contributed by atoms with van der Waals surface area (Å²) in [5.74, 6) is 0. The van der Waals surface area contributed by atoms with Crippen molar-refractivity contribution in [2.45, 2.75) is 6.61 Å². The molecular weight excluding hydrogens is 198 g/mol. The van der Waals surface area contributed by atoms with Gasteiger partial charge in [-0.2, -0.15) is 0 Å². The number of fused-ring (bicyclic) bond motifs is 3. The molecule has 0 atom stereocenters. The molecule has 0 aliphatic heterocycles. The summed E-state index contributed by atoms with van der Waals surface area (Å²) < 4.78 is 7.45. The third kappa shape index (κ3) is 1.31. The minimum atomic E-state index is 0.651. The van der Waals surface area contributed by atoms with Crippen LogP contribution < -0.4 is 0 Å². The van der Waals surface area contributed by atoms with Crippen molar-refractivity contribution in [2.75, 3.05) is 7.11 Å². The van der Waals surface area contributed by atoms with E-state index in [9.17, 15) is 0 Å². The molecule has 0 aliphatic carbocycles. The molecule has 0 spiro atoms.